The van der Waals surface area contributed by atoms with Gasteiger partial charge in [-0.25, -0.2) is 4.98 Å². The quantitative estimate of drug-likeness (QED) is 0.614. The van der Waals surface area contributed by atoms with Crippen LogP contribution >= 0.6 is 0 Å². The number of aromatic nitrogens is 3. The summed E-state index contributed by atoms with van der Waals surface area (Å²) in [5.41, 5.74) is 3.86. The molecule has 0 aliphatic heterocycles. The van der Waals surface area contributed by atoms with E-state index in [0.717, 1.165) is 22.6 Å². The van der Waals surface area contributed by atoms with Crippen LogP contribution in [0.15, 0.2) is 12.3 Å². The van der Waals surface area contributed by atoms with Crippen LogP contribution in [0.1, 0.15) is 11.4 Å². The monoisotopic (exact) mass is 147 g/mol. The zero-order valence-electron chi connectivity index (χ0n) is 6.55. The van der Waals surface area contributed by atoms with Gasteiger partial charge in [-0.2, -0.15) is 0 Å². The molecule has 0 aromatic carbocycles. The predicted molar refractivity (Wildman–Crippen MR) is 43.4 cm³/mol. The topological polar surface area (TPSA) is 41.6 Å². The third-order valence-corrected chi connectivity index (χ3v) is 1.59. The van der Waals surface area contributed by atoms with Crippen molar-refractivity contribution >= 4 is 11.2 Å². The molecule has 2 aromatic heterocycles. The zero-order chi connectivity index (χ0) is 7.84. The van der Waals surface area contributed by atoms with Crippen LogP contribution in [0, 0.1) is 13.8 Å². The van der Waals surface area contributed by atoms with Crippen LogP contribution in [0.4, 0.5) is 0 Å². The van der Waals surface area contributed by atoms with Gasteiger partial charge in [0.2, 0.25) is 0 Å². The van der Waals surface area contributed by atoms with E-state index in [4.69, 9.17) is 0 Å². The minimum atomic E-state index is 0.877. The van der Waals surface area contributed by atoms with Gasteiger partial charge in [0.15, 0.2) is 5.65 Å². The van der Waals surface area contributed by atoms with Crippen molar-refractivity contribution in [1.29, 1.82) is 0 Å². The van der Waals surface area contributed by atoms with Crippen molar-refractivity contribution in [3.63, 3.8) is 0 Å². The Morgan fingerprint density at radius 2 is 2.18 bits per heavy atom. The molecule has 3 nitrogen and oxygen atoms in total. The molecule has 0 radical (unpaired) electrons. The Balaban J connectivity index is 2.82. The largest absolute Gasteiger partial charge is 0.342 e. The van der Waals surface area contributed by atoms with Crippen molar-refractivity contribution in [2.24, 2.45) is 0 Å². The van der Waals surface area contributed by atoms with E-state index in [1.54, 1.807) is 6.20 Å². The summed E-state index contributed by atoms with van der Waals surface area (Å²) >= 11 is 0. The Bertz CT molecular complexity index is 389. The number of hydrogen-bond acceptors (Lipinski definition) is 2. The maximum absolute atomic E-state index is 4.28. The Morgan fingerprint density at radius 3 is 3.00 bits per heavy atom. The first-order valence-corrected chi connectivity index (χ1v) is 3.55. The Hall–Kier alpha value is -1.38. The predicted octanol–water partition coefficient (Wildman–Crippen LogP) is 1.57. The number of rotatable bonds is 0. The molecule has 0 unspecified atom stereocenters. The molecule has 2 aromatic rings. The molecule has 11 heavy (non-hydrogen) atoms. The summed E-state index contributed by atoms with van der Waals surface area (Å²) in [6.07, 6.45) is 1.77. The molecule has 0 saturated heterocycles. The molecule has 0 aliphatic carbocycles. The summed E-state index contributed by atoms with van der Waals surface area (Å²) < 4.78 is 0. The molecular weight excluding hydrogens is 138 g/mol. The number of aromatic amines is 1. The van der Waals surface area contributed by atoms with Crippen LogP contribution in [-0.2, 0) is 0 Å². The van der Waals surface area contributed by atoms with Crippen LogP contribution in [-0.4, -0.2) is 15.0 Å². The fraction of sp³-hybridized carbons (Fsp3) is 0.250. The Kier molecular flexibility index (Phi) is 1.18. The fourth-order valence-corrected chi connectivity index (χ4v) is 1.11. The highest BCUT2D eigenvalue weighted by Gasteiger charge is 1.98. The Morgan fingerprint density at radius 1 is 1.36 bits per heavy atom. The van der Waals surface area contributed by atoms with Crippen LogP contribution in [0.3, 0.4) is 0 Å². The Labute approximate surface area is 64.5 Å². The highest BCUT2D eigenvalue weighted by molar-refractivity contribution is 5.71. The normalized spacial score (nSPS) is 10.7. The number of H-pyrrole nitrogens is 1. The highest BCUT2D eigenvalue weighted by atomic mass is 14.9. The van der Waals surface area contributed by atoms with Gasteiger partial charge < -0.3 is 4.98 Å². The van der Waals surface area contributed by atoms with Gasteiger partial charge in [-0.05, 0) is 19.9 Å². The summed E-state index contributed by atoms with van der Waals surface area (Å²) in [6.45, 7) is 3.93. The van der Waals surface area contributed by atoms with E-state index in [1.165, 1.54) is 0 Å². The average molecular weight is 147 g/mol. The average Bonchev–Trinajstić information content (AvgIpc) is 2.27. The van der Waals surface area contributed by atoms with E-state index < -0.39 is 0 Å². The van der Waals surface area contributed by atoms with Crippen LogP contribution in [0.5, 0.6) is 0 Å². The summed E-state index contributed by atoms with van der Waals surface area (Å²) in [5, 5.41) is 0. The summed E-state index contributed by atoms with van der Waals surface area (Å²) in [6, 6.07) is 1.99. The second kappa shape index (κ2) is 2.05. The number of aryl methyl sites for hydroxylation is 2. The molecule has 0 fully saturated rings. The first kappa shape index (κ1) is 6.34. The van der Waals surface area contributed by atoms with Gasteiger partial charge >= 0.3 is 0 Å². The van der Waals surface area contributed by atoms with Crippen molar-refractivity contribution in [3.8, 4) is 0 Å². The van der Waals surface area contributed by atoms with E-state index in [9.17, 15) is 0 Å². The highest BCUT2D eigenvalue weighted by Crippen LogP contribution is 2.09. The second-order valence-electron chi connectivity index (χ2n) is 2.70. The van der Waals surface area contributed by atoms with Gasteiger partial charge in [-0.1, -0.05) is 0 Å². The third kappa shape index (κ3) is 0.981. The zero-order valence-corrected chi connectivity index (χ0v) is 6.55. The van der Waals surface area contributed by atoms with Crippen molar-refractivity contribution in [2.45, 2.75) is 13.8 Å². The van der Waals surface area contributed by atoms with Gasteiger partial charge in [0.1, 0.15) is 5.52 Å². The maximum Gasteiger partial charge on any atom is 0.156 e. The lowest BCUT2D eigenvalue weighted by atomic mass is 10.4. The van der Waals surface area contributed by atoms with E-state index in [-0.39, 0.29) is 0 Å². The molecule has 1 N–H and O–H groups in total. The lowest BCUT2D eigenvalue weighted by Crippen LogP contribution is -1.83. The smallest absolute Gasteiger partial charge is 0.156 e. The van der Waals surface area contributed by atoms with Gasteiger partial charge in [-0.15, -0.1) is 0 Å². The van der Waals surface area contributed by atoms with Crippen LogP contribution in [0.2, 0.25) is 0 Å². The number of nitrogens with zero attached hydrogens (tertiary/aromatic N) is 2. The van der Waals surface area contributed by atoms with E-state index in [0.29, 0.717) is 0 Å². The third-order valence-electron chi connectivity index (χ3n) is 1.59. The van der Waals surface area contributed by atoms with Gasteiger partial charge in [0.05, 0.1) is 5.69 Å². The molecule has 2 heterocycles. The molecule has 0 amide bonds. The number of nitrogens with one attached hydrogen (secondary N) is 1. The number of hydrogen-bond donors (Lipinski definition) is 1. The maximum atomic E-state index is 4.28. The lowest BCUT2D eigenvalue weighted by molar-refractivity contribution is 1.16. The van der Waals surface area contributed by atoms with Crippen molar-refractivity contribution in [3.05, 3.63) is 23.7 Å². The van der Waals surface area contributed by atoms with Gasteiger partial charge in [0, 0.05) is 11.9 Å². The minimum absolute atomic E-state index is 0.877. The minimum Gasteiger partial charge on any atom is -0.342 e. The molecule has 0 saturated carbocycles. The van der Waals surface area contributed by atoms with Crippen molar-refractivity contribution in [2.75, 3.05) is 0 Å². The van der Waals surface area contributed by atoms with Gasteiger partial charge in [-0.3, -0.25) is 4.98 Å². The molecule has 3 heteroatoms. The summed E-state index contributed by atoms with van der Waals surface area (Å²) in [7, 11) is 0. The first-order chi connectivity index (χ1) is 5.25. The molecule has 0 aliphatic rings. The molecular formula is C8H9N3. The molecule has 0 spiro atoms. The van der Waals surface area contributed by atoms with E-state index in [2.05, 4.69) is 15.0 Å². The summed E-state index contributed by atoms with van der Waals surface area (Å²) in [5.74, 6) is 0. The fourth-order valence-electron chi connectivity index (χ4n) is 1.11. The van der Waals surface area contributed by atoms with Crippen molar-refractivity contribution < 1.29 is 0 Å². The molecule has 2 rings (SSSR count). The second-order valence-corrected chi connectivity index (χ2v) is 2.70. The van der Waals surface area contributed by atoms with Crippen LogP contribution < -0.4 is 0 Å². The number of fused-ring (bicyclic) bond motifs is 1. The van der Waals surface area contributed by atoms with E-state index >= 15 is 0 Å². The van der Waals surface area contributed by atoms with Gasteiger partial charge in [0.25, 0.3) is 0 Å². The molecule has 0 atom stereocenters. The lowest BCUT2D eigenvalue weighted by Gasteiger charge is -1.89. The molecule has 0 bridgehead atoms. The van der Waals surface area contributed by atoms with Crippen LogP contribution in [0.25, 0.3) is 11.2 Å². The SMILES string of the molecule is Cc1cnc2cc(C)[nH]c2n1. The van der Waals surface area contributed by atoms with E-state index in [1.807, 2.05) is 19.9 Å². The first-order valence-electron chi connectivity index (χ1n) is 3.55. The molecule has 56 valence electrons. The summed E-state index contributed by atoms with van der Waals surface area (Å²) in [4.78, 5) is 11.6. The standard InChI is InChI=1S/C8H9N3/c1-5-3-7-8(10-5)11-6(2)4-9-7/h3-4H,1-2H3,(H,10,11). The van der Waals surface area contributed by atoms with Crippen molar-refractivity contribution in [1.82, 2.24) is 15.0 Å².